The van der Waals surface area contributed by atoms with Crippen LogP contribution in [0.15, 0.2) is 24.3 Å². The van der Waals surface area contributed by atoms with Crippen molar-refractivity contribution in [2.24, 2.45) is 5.73 Å². The Kier molecular flexibility index (Phi) is 3.93. The van der Waals surface area contributed by atoms with E-state index in [-0.39, 0.29) is 12.0 Å². The van der Waals surface area contributed by atoms with E-state index in [1.54, 1.807) is 0 Å². The van der Waals surface area contributed by atoms with Crippen LogP contribution in [0.5, 0.6) is 0 Å². The van der Waals surface area contributed by atoms with Crippen LogP contribution in [0, 0.1) is 0 Å². The van der Waals surface area contributed by atoms with Crippen LogP contribution in [-0.2, 0) is 17.4 Å². The van der Waals surface area contributed by atoms with Crippen molar-refractivity contribution in [1.82, 2.24) is 0 Å². The van der Waals surface area contributed by atoms with Crippen LogP contribution in [0.2, 0.25) is 0 Å². The molecular weight excluding hydrogens is 243 g/mol. The van der Waals surface area contributed by atoms with Gasteiger partial charge in [-0.2, -0.15) is 13.2 Å². The number of carbonyl (C=O) groups excluding carboxylic acids is 1. The standard InChI is InChI=1S/C10H9ClF3NO/c11-9(15)8(16)5-6-2-1-3-7(4-6)10(12,13)14/h1-4,9H,5,15H2. The molecular formula is C10H9ClF3NO. The minimum atomic E-state index is -4.41. The Hall–Kier alpha value is -1.07. The maximum absolute atomic E-state index is 12.3. The van der Waals surface area contributed by atoms with Crippen molar-refractivity contribution in [3.63, 3.8) is 0 Å². The highest BCUT2D eigenvalue weighted by Gasteiger charge is 2.30. The Morgan fingerprint density at radius 2 is 2.06 bits per heavy atom. The van der Waals surface area contributed by atoms with Gasteiger partial charge in [-0.25, -0.2) is 0 Å². The van der Waals surface area contributed by atoms with Crippen molar-refractivity contribution < 1.29 is 18.0 Å². The highest BCUT2D eigenvalue weighted by Crippen LogP contribution is 2.29. The smallest absolute Gasteiger partial charge is 0.309 e. The number of halogens is 4. The number of alkyl halides is 4. The van der Waals surface area contributed by atoms with E-state index in [2.05, 4.69) is 0 Å². The first-order chi connectivity index (χ1) is 7.30. The van der Waals surface area contributed by atoms with Crippen molar-refractivity contribution in [2.75, 3.05) is 0 Å². The van der Waals surface area contributed by atoms with Gasteiger partial charge in [-0.05, 0) is 11.6 Å². The highest BCUT2D eigenvalue weighted by atomic mass is 35.5. The Morgan fingerprint density at radius 3 is 2.56 bits per heavy atom. The lowest BCUT2D eigenvalue weighted by molar-refractivity contribution is -0.137. The van der Waals surface area contributed by atoms with E-state index in [1.165, 1.54) is 12.1 Å². The van der Waals surface area contributed by atoms with Gasteiger partial charge in [-0.15, -0.1) is 0 Å². The molecule has 0 saturated carbocycles. The van der Waals surface area contributed by atoms with Gasteiger partial charge in [0.25, 0.3) is 0 Å². The number of hydrogen-bond acceptors (Lipinski definition) is 2. The molecule has 1 aromatic rings. The fourth-order valence-corrected chi connectivity index (χ4v) is 1.23. The Balaban J connectivity index is 2.88. The van der Waals surface area contributed by atoms with Crippen LogP contribution in [-0.4, -0.2) is 11.3 Å². The molecule has 1 unspecified atom stereocenters. The second-order valence-electron chi connectivity index (χ2n) is 3.24. The minimum Gasteiger partial charge on any atom is -0.309 e. The summed E-state index contributed by atoms with van der Waals surface area (Å²) in [5, 5.41) is 0. The number of benzene rings is 1. The SMILES string of the molecule is NC(Cl)C(=O)Cc1cccc(C(F)(F)F)c1. The molecule has 0 heterocycles. The van der Waals surface area contributed by atoms with E-state index in [0.717, 1.165) is 12.1 Å². The zero-order valence-corrected chi connectivity index (χ0v) is 8.85. The average molecular weight is 252 g/mol. The highest BCUT2D eigenvalue weighted by molar-refractivity contribution is 6.30. The van der Waals surface area contributed by atoms with E-state index in [9.17, 15) is 18.0 Å². The van der Waals surface area contributed by atoms with E-state index in [0.29, 0.717) is 0 Å². The zero-order chi connectivity index (χ0) is 12.3. The molecule has 2 nitrogen and oxygen atoms in total. The molecule has 0 aliphatic heterocycles. The minimum absolute atomic E-state index is 0.200. The molecule has 1 aromatic carbocycles. The van der Waals surface area contributed by atoms with Gasteiger partial charge in [0.2, 0.25) is 0 Å². The number of hydrogen-bond donors (Lipinski definition) is 1. The molecule has 2 N–H and O–H groups in total. The van der Waals surface area contributed by atoms with E-state index in [1.807, 2.05) is 0 Å². The van der Waals surface area contributed by atoms with Gasteiger partial charge in [-0.1, -0.05) is 29.8 Å². The number of carbonyl (C=O) groups is 1. The van der Waals surface area contributed by atoms with Gasteiger partial charge < -0.3 is 5.73 Å². The average Bonchev–Trinajstić information content (AvgIpc) is 2.16. The summed E-state index contributed by atoms with van der Waals surface area (Å²) >= 11 is 5.31. The molecule has 0 spiro atoms. The van der Waals surface area contributed by atoms with Crippen LogP contribution < -0.4 is 5.73 Å². The Bertz CT molecular complexity index is 390. The number of nitrogens with two attached hydrogens (primary N) is 1. The second kappa shape index (κ2) is 4.84. The van der Waals surface area contributed by atoms with Gasteiger partial charge in [-0.3, -0.25) is 4.79 Å². The molecule has 0 fully saturated rings. The number of ketones is 1. The third-order valence-electron chi connectivity index (χ3n) is 1.94. The van der Waals surface area contributed by atoms with Gasteiger partial charge in [0, 0.05) is 6.42 Å². The second-order valence-corrected chi connectivity index (χ2v) is 3.71. The molecule has 0 aliphatic rings. The maximum atomic E-state index is 12.3. The van der Waals surface area contributed by atoms with Crippen LogP contribution in [0.3, 0.4) is 0 Å². The fraction of sp³-hybridized carbons (Fsp3) is 0.300. The van der Waals surface area contributed by atoms with Crippen molar-refractivity contribution in [3.05, 3.63) is 35.4 Å². The predicted octanol–water partition coefficient (Wildman–Crippen LogP) is 2.34. The predicted molar refractivity (Wildman–Crippen MR) is 54.0 cm³/mol. The summed E-state index contributed by atoms with van der Waals surface area (Å²) in [6.45, 7) is 0. The van der Waals surface area contributed by atoms with Crippen molar-refractivity contribution in [3.8, 4) is 0 Å². The summed E-state index contributed by atoms with van der Waals surface area (Å²) in [6.07, 6.45) is -4.61. The van der Waals surface area contributed by atoms with Crippen LogP contribution >= 0.6 is 11.6 Å². The summed E-state index contributed by atoms with van der Waals surface area (Å²) in [5.41, 5.74) is 3.37. The van der Waals surface area contributed by atoms with Crippen LogP contribution in [0.25, 0.3) is 0 Å². The molecule has 0 radical (unpaired) electrons. The summed E-state index contributed by atoms with van der Waals surface area (Å²) in [6, 6.07) is 4.52. The summed E-state index contributed by atoms with van der Waals surface area (Å²) in [5.74, 6) is -0.513. The monoisotopic (exact) mass is 251 g/mol. The summed E-state index contributed by atoms with van der Waals surface area (Å²) in [4.78, 5) is 11.1. The van der Waals surface area contributed by atoms with Crippen molar-refractivity contribution in [2.45, 2.75) is 18.1 Å². The van der Waals surface area contributed by atoms with Gasteiger partial charge >= 0.3 is 6.18 Å². The molecule has 6 heteroatoms. The molecule has 0 saturated heterocycles. The van der Waals surface area contributed by atoms with Crippen LogP contribution in [0.1, 0.15) is 11.1 Å². The molecule has 0 bridgehead atoms. The van der Waals surface area contributed by atoms with E-state index >= 15 is 0 Å². The van der Waals surface area contributed by atoms with Gasteiger partial charge in [0.15, 0.2) is 5.78 Å². The molecule has 0 aromatic heterocycles. The summed E-state index contributed by atoms with van der Waals surface area (Å²) in [7, 11) is 0. The molecule has 0 aliphatic carbocycles. The third-order valence-corrected chi connectivity index (χ3v) is 2.18. The first-order valence-corrected chi connectivity index (χ1v) is 4.83. The zero-order valence-electron chi connectivity index (χ0n) is 8.09. The summed E-state index contributed by atoms with van der Waals surface area (Å²) < 4.78 is 37.0. The van der Waals surface area contributed by atoms with E-state index in [4.69, 9.17) is 17.3 Å². The van der Waals surface area contributed by atoms with Gasteiger partial charge in [0.1, 0.15) is 5.50 Å². The third kappa shape index (κ3) is 3.50. The Labute approximate surface area is 95.2 Å². The topological polar surface area (TPSA) is 43.1 Å². The molecule has 88 valence electrons. The first-order valence-electron chi connectivity index (χ1n) is 4.39. The number of rotatable bonds is 3. The van der Waals surface area contributed by atoms with E-state index < -0.39 is 23.0 Å². The molecule has 1 atom stereocenters. The first kappa shape index (κ1) is 13.0. The molecule has 16 heavy (non-hydrogen) atoms. The quantitative estimate of drug-likeness (QED) is 0.662. The Morgan fingerprint density at radius 1 is 1.44 bits per heavy atom. The van der Waals surface area contributed by atoms with Gasteiger partial charge in [0.05, 0.1) is 5.56 Å². The largest absolute Gasteiger partial charge is 0.416 e. The maximum Gasteiger partial charge on any atom is 0.416 e. The lowest BCUT2D eigenvalue weighted by Crippen LogP contribution is -2.25. The van der Waals surface area contributed by atoms with Crippen molar-refractivity contribution >= 4 is 17.4 Å². The molecule has 1 rings (SSSR count). The molecule has 0 amide bonds. The van der Waals surface area contributed by atoms with Crippen LogP contribution in [0.4, 0.5) is 13.2 Å². The normalized spacial score (nSPS) is 13.6. The fourth-order valence-electron chi connectivity index (χ4n) is 1.16. The lowest BCUT2D eigenvalue weighted by Gasteiger charge is -2.08. The lowest BCUT2D eigenvalue weighted by atomic mass is 10.1. The number of Topliss-reactive ketones (excluding diaryl/α,β-unsaturated/α-hetero) is 1. The van der Waals surface area contributed by atoms with Crippen molar-refractivity contribution in [1.29, 1.82) is 0 Å².